The molecule has 17 heavy (non-hydrogen) atoms. The maximum atomic E-state index is 4.51. The Kier molecular flexibility index (Phi) is 4.21. The average Bonchev–Trinajstić information content (AvgIpc) is 2.80. The molecule has 1 aliphatic rings. The lowest BCUT2D eigenvalue weighted by Crippen LogP contribution is -2.31. The van der Waals surface area contributed by atoms with Crippen molar-refractivity contribution in [2.45, 2.75) is 64.5 Å². The van der Waals surface area contributed by atoms with E-state index in [1.54, 1.807) is 0 Å². The molecule has 1 fully saturated rings. The van der Waals surface area contributed by atoms with Crippen molar-refractivity contribution >= 4 is 0 Å². The lowest BCUT2D eigenvalue weighted by Gasteiger charge is -2.34. The van der Waals surface area contributed by atoms with Gasteiger partial charge in [-0.25, -0.2) is 4.98 Å². The zero-order valence-electron chi connectivity index (χ0n) is 11.2. The Hall–Kier alpha value is -0.830. The van der Waals surface area contributed by atoms with Gasteiger partial charge in [0.1, 0.15) is 0 Å². The SMILES string of the molecule is CCCNCc1cn(C2(C)CCCCC2)cn1. The summed E-state index contributed by atoms with van der Waals surface area (Å²) in [6.07, 6.45) is 12.1. The van der Waals surface area contributed by atoms with Gasteiger partial charge in [-0.05, 0) is 32.7 Å². The molecule has 0 aromatic carbocycles. The molecule has 0 aliphatic heterocycles. The highest BCUT2D eigenvalue weighted by Crippen LogP contribution is 2.34. The highest BCUT2D eigenvalue weighted by atomic mass is 15.1. The Morgan fingerprint density at radius 3 is 2.82 bits per heavy atom. The van der Waals surface area contributed by atoms with Crippen molar-refractivity contribution < 1.29 is 0 Å². The lowest BCUT2D eigenvalue weighted by atomic mass is 9.83. The summed E-state index contributed by atoms with van der Waals surface area (Å²) in [6.45, 7) is 6.53. The normalized spacial score (nSPS) is 19.4. The van der Waals surface area contributed by atoms with Crippen molar-refractivity contribution in [2.75, 3.05) is 6.54 Å². The van der Waals surface area contributed by atoms with Gasteiger partial charge < -0.3 is 9.88 Å². The molecule has 0 bridgehead atoms. The fraction of sp³-hybridized carbons (Fsp3) is 0.786. The third-order valence-corrected chi connectivity index (χ3v) is 3.92. The number of hydrogen-bond acceptors (Lipinski definition) is 2. The molecule has 1 saturated carbocycles. The summed E-state index contributed by atoms with van der Waals surface area (Å²) in [4.78, 5) is 4.51. The second kappa shape index (κ2) is 5.67. The Bertz CT molecular complexity index is 337. The lowest BCUT2D eigenvalue weighted by molar-refractivity contribution is 0.218. The monoisotopic (exact) mass is 235 g/mol. The third kappa shape index (κ3) is 3.09. The number of nitrogens with one attached hydrogen (secondary N) is 1. The maximum absolute atomic E-state index is 4.51. The standard InChI is InChI=1S/C14H25N3/c1-3-9-15-10-13-11-17(12-16-13)14(2)7-5-4-6-8-14/h11-12,15H,3-10H2,1-2H3. The van der Waals surface area contributed by atoms with Gasteiger partial charge in [0.25, 0.3) is 0 Å². The summed E-state index contributed by atoms with van der Waals surface area (Å²) in [5, 5.41) is 3.40. The van der Waals surface area contributed by atoms with E-state index in [2.05, 4.69) is 34.9 Å². The summed E-state index contributed by atoms with van der Waals surface area (Å²) in [6, 6.07) is 0. The number of imidazole rings is 1. The van der Waals surface area contributed by atoms with Crippen LogP contribution in [0.15, 0.2) is 12.5 Å². The minimum absolute atomic E-state index is 0.314. The molecule has 0 radical (unpaired) electrons. The minimum atomic E-state index is 0.314. The van der Waals surface area contributed by atoms with Crippen molar-refractivity contribution in [1.82, 2.24) is 14.9 Å². The zero-order valence-corrected chi connectivity index (χ0v) is 11.2. The van der Waals surface area contributed by atoms with E-state index in [9.17, 15) is 0 Å². The van der Waals surface area contributed by atoms with E-state index in [1.165, 1.54) is 44.2 Å². The van der Waals surface area contributed by atoms with Crippen LogP contribution in [0.2, 0.25) is 0 Å². The highest BCUT2D eigenvalue weighted by Gasteiger charge is 2.28. The Morgan fingerprint density at radius 1 is 1.35 bits per heavy atom. The van der Waals surface area contributed by atoms with Gasteiger partial charge >= 0.3 is 0 Å². The molecule has 1 aromatic rings. The molecule has 1 aliphatic carbocycles. The summed E-state index contributed by atoms with van der Waals surface area (Å²) in [7, 11) is 0. The number of aromatic nitrogens is 2. The van der Waals surface area contributed by atoms with Gasteiger partial charge in [0.15, 0.2) is 0 Å². The fourth-order valence-corrected chi connectivity index (χ4v) is 2.71. The van der Waals surface area contributed by atoms with Gasteiger partial charge in [-0.2, -0.15) is 0 Å². The van der Waals surface area contributed by atoms with Gasteiger partial charge in [0, 0.05) is 18.3 Å². The van der Waals surface area contributed by atoms with E-state index in [0.29, 0.717) is 5.54 Å². The van der Waals surface area contributed by atoms with E-state index in [-0.39, 0.29) is 0 Å². The van der Waals surface area contributed by atoms with Crippen LogP contribution < -0.4 is 5.32 Å². The Morgan fingerprint density at radius 2 is 2.12 bits per heavy atom. The largest absolute Gasteiger partial charge is 0.331 e. The molecule has 0 amide bonds. The molecule has 0 spiro atoms. The van der Waals surface area contributed by atoms with Crippen LogP contribution in [0.25, 0.3) is 0 Å². The van der Waals surface area contributed by atoms with Crippen molar-refractivity contribution in [3.63, 3.8) is 0 Å². The summed E-state index contributed by atoms with van der Waals surface area (Å²) in [5.74, 6) is 0. The smallest absolute Gasteiger partial charge is 0.0955 e. The van der Waals surface area contributed by atoms with Crippen molar-refractivity contribution in [2.24, 2.45) is 0 Å². The topological polar surface area (TPSA) is 29.9 Å². The van der Waals surface area contributed by atoms with Crippen LogP contribution in [0.4, 0.5) is 0 Å². The van der Waals surface area contributed by atoms with Crippen LogP contribution in [0.5, 0.6) is 0 Å². The van der Waals surface area contributed by atoms with Crippen molar-refractivity contribution in [3.8, 4) is 0 Å². The molecule has 1 heterocycles. The molecule has 0 unspecified atom stereocenters. The fourth-order valence-electron chi connectivity index (χ4n) is 2.71. The highest BCUT2D eigenvalue weighted by molar-refractivity contribution is 5.01. The molecular formula is C14H25N3. The molecule has 96 valence electrons. The molecule has 2 rings (SSSR count). The van der Waals surface area contributed by atoms with E-state index in [0.717, 1.165) is 13.1 Å². The van der Waals surface area contributed by atoms with Crippen LogP contribution in [0.1, 0.15) is 58.1 Å². The third-order valence-electron chi connectivity index (χ3n) is 3.92. The first-order valence-electron chi connectivity index (χ1n) is 6.99. The van der Waals surface area contributed by atoms with Gasteiger partial charge in [-0.15, -0.1) is 0 Å². The average molecular weight is 235 g/mol. The molecule has 1 aromatic heterocycles. The second-order valence-corrected chi connectivity index (χ2v) is 5.51. The molecule has 3 heteroatoms. The van der Waals surface area contributed by atoms with E-state index in [1.807, 2.05) is 6.33 Å². The number of rotatable bonds is 5. The van der Waals surface area contributed by atoms with E-state index in [4.69, 9.17) is 0 Å². The van der Waals surface area contributed by atoms with Crippen LogP contribution in [0.3, 0.4) is 0 Å². The Labute approximate surface area is 105 Å². The minimum Gasteiger partial charge on any atom is -0.331 e. The molecule has 0 atom stereocenters. The first-order valence-corrected chi connectivity index (χ1v) is 6.99. The molecule has 0 saturated heterocycles. The number of hydrogen-bond donors (Lipinski definition) is 1. The molecule has 3 nitrogen and oxygen atoms in total. The van der Waals surface area contributed by atoms with Crippen LogP contribution >= 0.6 is 0 Å². The Balaban J connectivity index is 1.96. The van der Waals surface area contributed by atoms with Crippen LogP contribution in [-0.4, -0.2) is 16.1 Å². The first-order chi connectivity index (χ1) is 8.24. The van der Waals surface area contributed by atoms with Gasteiger partial charge in [0.05, 0.1) is 12.0 Å². The zero-order chi connectivity index (χ0) is 12.1. The first kappa shape index (κ1) is 12.6. The quantitative estimate of drug-likeness (QED) is 0.795. The predicted molar refractivity (Wildman–Crippen MR) is 71.0 cm³/mol. The van der Waals surface area contributed by atoms with Gasteiger partial charge in [-0.1, -0.05) is 26.2 Å². The molecule has 1 N–H and O–H groups in total. The van der Waals surface area contributed by atoms with Crippen molar-refractivity contribution in [3.05, 3.63) is 18.2 Å². The maximum Gasteiger partial charge on any atom is 0.0955 e. The summed E-state index contributed by atoms with van der Waals surface area (Å²) >= 11 is 0. The predicted octanol–water partition coefficient (Wildman–Crippen LogP) is 3.06. The summed E-state index contributed by atoms with van der Waals surface area (Å²) < 4.78 is 2.34. The van der Waals surface area contributed by atoms with Crippen LogP contribution in [0, 0.1) is 0 Å². The van der Waals surface area contributed by atoms with Gasteiger partial charge in [-0.3, -0.25) is 0 Å². The van der Waals surface area contributed by atoms with E-state index < -0.39 is 0 Å². The van der Waals surface area contributed by atoms with Crippen LogP contribution in [-0.2, 0) is 12.1 Å². The van der Waals surface area contributed by atoms with Crippen molar-refractivity contribution in [1.29, 1.82) is 0 Å². The number of nitrogens with zero attached hydrogens (tertiary/aromatic N) is 2. The summed E-state index contributed by atoms with van der Waals surface area (Å²) in [5.41, 5.74) is 1.49. The van der Waals surface area contributed by atoms with E-state index >= 15 is 0 Å². The molecular weight excluding hydrogens is 210 g/mol. The second-order valence-electron chi connectivity index (χ2n) is 5.51. The van der Waals surface area contributed by atoms with Gasteiger partial charge in [0.2, 0.25) is 0 Å².